The molecule has 4 aromatic rings. The Bertz CT molecular complexity index is 1060. The van der Waals surface area contributed by atoms with E-state index in [9.17, 15) is 4.79 Å². The molecule has 0 bridgehead atoms. The molecule has 0 aliphatic carbocycles. The number of benzene rings is 2. The summed E-state index contributed by atoms with van der Waals surface area (Å²) >= 11 is 0. The number of rotatable bonds is 4. The summed E-state index contributed by atoms with van der Waals surface area (Å²) in [6, 6.07) is 9.69. The zero-order valence-corrected chi connectivity index (χ0v) is 13.1. The number of H-pyrrole nitrogens is 3. The lowest BCUT2D eigenvalue weighted by Crippen LogP contribution is -1.99. The number of hydrogen-bond acceptors (Lipinski definition) is 3. The molecule has 120 valence electrons. The van der Waals surface area contributed by atoms with Crippen LogP contribution in [0.25, 0.3) is 33.5 Å². The molecule has 0 aliphatic heterocycles. The van der Waals surface area contributed by atoms with Gasteiger partial charge in [-0.15, -0.1) is 6.58 Å². The maximum absolute atomic E-state index is 11.4. The maximum Gasteiger partial charge on any atom is 0.323 e. The number of ether oxygens (including phenoxy) is 1. The minimum absolute atomic E-state index is 0.220. The van der Waals surface area contributed by atoms with E-state index in [1.54, 1.807) is 7.11 Å². The van der Waals surface area contributed by atoms with Crippen molar-refractivity contribution in [1.29, 1.82) is 0 Å². The summed E-state index contributed by atoms with van der Waals surface area (Å²) in [5.74, 6) is 1.61. The van der Waals surface area contributed by atoms with Crippen molar-refractivity contribution in [3.63, 3.8) is 0 Å². The van der Waals surface area contributed by atoms with Crippen LogP contribution in [0, 0.1) is 0 Å². The number of allylic oxidation sites excluding steroid dienone is 1. The van der Waals surface area contributed by atoms with Gasteiger partial charge in [0.25, 0.3) is 0 Å². The van der Waals surface area contributed by atoms with Gasteiger partial charge in [-0.3, -0.25) is 0 Å². The molecule has 2 aromatic heterocycles. The summed E-state index contributed by atoms with van der Waals surface area (Å²) in [5.41, 5.74) is 4.98. The van der Waals surface area contributed by atoms with Gasteiger partial charge in [-0.2, -0.15) is 0 Å². The average Bonchev–Trinajstić information content (AvgIpc) is 3.14. The highest BCUT2D eigenvalue weighted by molar-refractivity contribution is 5.92. The van der Waals surface area contributed by atoms with Crippen LogP contribution in [-0.4, -0.2) is 27.0 Å². The molecular formula is C18H16N4O2. The molecule has 0 aliphatic rings. The average molecular weight is 320 g/mol. The molecule has 0 unspecified atom stereocenters. The van der Waals surface area contributed by atoms with Crippen LogP contribution in [0.5, 0.6) is 5.75 Å². The molecule has 0 radical (unpaired) electrons. The number of fused-ring (bicyclic) bond motifs is 2. The number of nitrogens with one attached hydrogen (secondary N) is 3. The molecule has 4 rings (SSSR count). The third-order valence-corrected chi connectivity index (χ3v) is 4.04. The Balaban J connectivity index is 1.85. The van der Waals surface area contributed by atoms with E-state index in [2.05, 4.69) is 26.5 Å². The first kappa shape index (κ1) is 14.3. The SMILES string of the molecule is C=CCc1cc(-c2nc3cc4[nH]c(=O)[nH]c4cc3[nH]2)ccc1OC. The topological polar surface area (TPSA) is 86.6 Å². The monoisotopic (exact) mass is 320 g/mol. The Labute approximate surface area is 137 Å². The minimum Gasteiger partial charge on any atom is -0.496 e. The number of aromatic amines is 3. The first-order valence-corrected chi connectivity index (χ1v) is 7.58. The number of hydrogen-bond donors (Lipinski definition) is 3. The zero-order valence-electron chi connectivity index (χ0n) is 13.1. The molecule has 6 nitrogen and oxygen atoms in total. The fraction of sp³-hybridized carbons (Fsp3) is 0.111. The van der Waals surface area contributed by atoms with Gasteiger partial charge >= 0.3 is 5.69 Å². The van der Waals surface area contributed by atoms with E-state index in [4.69, 9.17) is 4.74 Å². The molecular weight excluding hydrogens is 304 g/mol. The first-order valence-electron chi connectivity index (χ1n) is 7.58. The van der Waals surface area contributed by atoms with Gasteiger partial charge < -0.3 is 19.7 Å². The highest BCUT2D eigenvalue weighted by atomic mass is 16.5. The van der Waals surface area contributed by atoms with E-state index in [1.807, 2.05) is 36.4 Å². The Morgan fingerprint density at radius 2 is 1.92 bits per heavy atom. The lowest BCUT2D eigenvalue weighted by atomic mass is 10.1. The van der Waals surface area contributed by atoms with Gasteiger partial charge in [0.05, 0.1) is 29.2 Å². The zero-order chi connectivity index (χ0) is 16.7. The summed E-state index contributed by atoms with van der Waals surface area (Å²) in [7, 11) is 1.66. The van der Waals surface area contributed by atoms with Gasteiger partial charge in [0.15, 0.2) is 0 Å². The van der Waals surface area contributed by atoms with E-state index in [-0.39, 0.29) is 5.69 Å². The molecule has 24 heavy (non-hydrogen) atoms. The summed E-state index contributed by atoms with van der Waals surface area (Å²) in [4.78, 5) is 24.8. The van der Waals surface area contributed by atoms with Crippen molar-refractivity contribution in [1.82, 2.24) is 19.9 Å². The summed E-state index contributed by atoms with van der Waals surface area (Å²) in [6.45, 7) is 3.79. The third-order valence-electron chi connectivity index (χ3n) is 4.04. The van der Waals surface area contributed by atoms with Gasteiger partial charge in [-0.05, 0) is 42.3 Å². The van der Waals surface area contributed by atoms with E-state index in [1.165, 1.54) is 0 Å². The van der Waals surface area contributed by atoms with Crippen LogP contribution in [0.3, 0.4) is 0 Å². The molecule has 2 heterocycles. The van der Waals surface area contributed by atoms with Gasteiger partial charge in [-0.25, -0.2) is 9.78 Å². The summed E-state index contributed by atoms with van der Waals surface area (Å²) in [5, 5.41) is 0. The van der Waals surface area contributed by atoms with Crippen molar-refractivity contribution in [3.05, 3.63) is 59.0 Å². The predicted molar refractivity (Wildman–Crippen MR) is 94.5 cm³/mol. The third kappa shape index (κ3) is 2.28. The summed E-state index contributed by atoms with van der Waals surface area (Å²) < 4.78 is 5.38. The van der Waals surface area contributed by atoms with Crippen molar-refractivity contribution >= 4 is 22.1 Å². The van der Waals surface area contributed by atoms with Crippen LogP contribution < -0.4 is 10.4 Å². The van der Waals surface area contributed by atoms with Crippen molar-refractivity contribution in [2.45, 2.75) is 6.42 Å². The maximum atomic E-state index is 11.4. The molecule has 0 amide bonds. The minimum atomic E-state index is -0.220. The fourth-order valence-corrected chi connectivity index (χ4v) is 2.92. The second-order valence-corrected chi connectivity index (χ2v) is 5.60. The Morgan fingerprint density at radius 1 is 1.12 bits per heavy atom. The van der Waals surface area contributed by atoms with E-state index in [0.29, 0.717) is 0 Å². The van der Waals surface area contributed by atoms with Crippen molar-refractivity contribution < 1.29 is 4.74 Å². The second kappa shape index (κ2) is 5.42. The van der Waals surface area contributed by atoms with Crippen LogP contribution in [-0.2, 0) is 6.42 Å². The molecule has 0 fully saturated rings. The number of methoxy groups -OCH3 is 1. The first-order chi connectivity index (χ1) is 11.7. The van der Waals surface area contributed by atoms with Crippen molar-refractivity contribution in [3.8, 4) is 17.1 Å². The van der Waals surface area contributed by atoms with Gasteiger partial charge in [0.2, 0.25) is 0 Å². The quantitative estimate of drug-likeness (QED) is 0.505. The lowest BCUT2D eigenvalue weighted by molar-refractivity contribution is 0.411. The molecule has 3 N–H and O–H groups in total. The number of imidazole rings is 2. The highest BCUT2D eigenvalue weighted by Gasteiger charge is 2.10. The Hall–Kier alpha value is -3.28. The fourth-order valence-electron chi connectivity index (χ4n) is 2.92. The molecule has 6 heteroatoms. The molecule has 2 aromatic carbocycles. The Kier molecular flexibility index (Phi) is 3.23. The summed E-state index contributed by atoms with van der Waals surface area (Å²) in [6.07, 6.45) is 2.57. The van der Waals surface area contributed by atoms with E-state index >= 15 is 0 Å². The van der Waals surface area contributed by atoms with Crippen LogP contribution in [0.2, 0.25) is 0 Å². The molecule has 0 spiro atoms. The van der Waals surface area contributed by atoms with Crippen molar-refractivity contribution in [2.24, 2.45) is 0 Å². The van der Waals surface area contributed by atoms with Gasteiger partial charge in [-0.1, -0.05) is 6.08 Å². The highest BCUT2D eigenvalue weighted by Crippen LogP contribution is 2.28. The largest absolute Gasteiger partial charge is 0.496 e. The van der Waals surface area contributed by atoms with Crippen LogP contribution in [0.1, 0.15) is 5.56 Å². The van der Waals surface area contributed by atoms with Crippen molar-refractivity contribution in [2.75, 3.05) is 7.11 Å². The molecule has 0 saturated heterocycles. The molecule has 0 saturated carbocycles. The van der Waals surface area contributed by atoms with Gasteiger partial charge in [0, 0.05) is 5.56 Å². The standard InChI is InChI=1S/C18H16N4O2/c1-3-4-10-7-11(5-6-16(10)24-2)17-19-12-8-14-15(9-13(12)20-17)22-18(23)21-14/h3,5-9H,1,4H2,2H3,(H,19,20)(H2,21,22,23). The van der Waals surface area contributed by atoms with Gasteiger partial charge in [0.1, 0.15) is 11.6 Å². The Morgan fingerprint density at radius 3 is 2.67 bits per heavy atom. The van der Waals surface area contributed by atoms with Crippen LogP contribution in [0.4, 0.5) is 0 Å². The van der Waals surface area contributed by atoms with Crippen LogP contribution in [0.15, 0.2) is 47.8 Å². The second-order valence-electron chi connectivity index (χ2n) is 5.60. The number of nitrogens with zero attached hydrogens (tertiary/aromatic N) is 1. The van der Waals surface area contributed by atoms with E-state index in [0.717, 1.165) is 51.2 Å². The normalized spacial score (nSPS) is 11.2. The smallest absolute Gasteiger partial charge is 0.323 e. The predicted octanol–water partition coefficient (Wildman–Crippen LogP) is 3.14. The molecule has 0 atom stereocenters. The van der Waals surface area contributed by atoms with E-state index < -0.39 is 0 Å². The van der Waals surface area contributed by atoms with Crippen LogP contribution >= 0.6 is 0 Å². The lowest BCUT2D eigenvalue weighted by Gasteiger charge is -2.08. The number of aromatic nitrogens is 4.